The van der Waals surface area contributed by atoms with E-state index < -0.39 is 12.1 Å². The Balaban J connectivity index is 1.74. The fourth-order valence-electron chi connectivity index (χ4n) is 3.11. The number of nitrogens with one attached hydrogen (secondary N) is 1. The molecule has 2 aliphatic heterocycles. The third-order valence-electron chi connectivity index (χ3n) is 4.48. The van der Waals surface area contributed by atoms with Crippen LogP contribution in [0.25, 0.3) is 0 Å². The van der Waals surface area contributed by atoms with Crippen molar-refractivity contribution in [3.63, 3.8) is 0 Å². The third kappa shape index (κ3) is 3.71. The van der Waals surface area contributed by atoms with Gasteiger partial charge < -0.3 is 19.7 Å². The largest absolute Gasteiger partial charge is 0.376 e. The van der Waals surface area contributed by atoms with Crippen LogP contribution in [0.5, 0.6) is 0 Å². The Labute approximate surface area is 146 Å². The highest BCUT2D eigenvalue weighted by Gasteiger charge is 2.40. The van der Waals surface area contributed by atoms with E-state index in [1.807, 2.05) is 12.1 Å². The number of carbonyl (C=O) groups excluding carboxylic acids is 2. The molecule has 3 rings (SSSR count). The Hall–Kier alpha value is -1.63. The average molecular weight is 353 g/mol. The highest BCUT2D eigenvalue weighted by atomic mass is 35.5. The number of ether oxygens (including phenoxy) is 2. The quantitative estimate of drug-likeness (QED) is 0.892. The molecule has 7 heteroatoms. The van der Waals surface area contributed by atoms with E-state index >= 15 is 0 Å². The first-order valence-electron chi connectivity index (χ1n) is 8.08. The van der Waals surface area contributed by atoms with Gasteiger partial charge in [0.05, 0.1) is 12.1 Å². The Bertz CT molecular complexity index is 601. The minimum Gasteiger partial charge on any atom is -0.376 e. The fourth-order valence-corrected chi connectivity index (χ4v) is 3.24. The second-order valence-corrected chi connectivity index (χ2v) is 6.55. The Morgan fingerprint density at radius 1 is 1.33 bits per heavy atom. The lowest BCUT2D eigenvalue weighted by molar-refractivity contribution is -0.162. The van der Waals surface area contributed by atoms with Crippen LogP contribution in [-0.4, -0.2) is 55.7 Å². The molecule has 0 aliphatic carbocycles. The zero-order chi connectivity index (χ0) is 17.1. The lowest BCUT2D eigenvalue weighted by atomic mass is 9.97. The van der Waals surface area contributed by atoms with E-state index in [1.54, 1.807) is 24.1 Å². The van der Waals surface area contributed by atoms with Crippen LogP contribution in [0.4, 0.5) is 0 Å². The monoisotopic (exact) mass is 352 g/mol. The van der Waals surface area contributed by atoms with Crippen molar-refractivity contribution in [2.75, 3.05) is 26.8 Å². The SMILES string of the molecule is CN1C(=O)CO[C@H](C(=O)NC[C@@H]2CCCO2)[C@H]1c1ccc(Cl)cc1. The molecule has 0 radical (unpaired) electrons. The van der Waals surface area contributed by atoms with Crippen LogP contribution in [0.1, 0.15) is 24.4 Å². The fraction of sp³-hybridized carbons (Fsp3) is 0.529. The molecule has 2 aliphatic rings. The normalized spacial score (nSPS) is 27.3. The third-order valence-corrected chi connectivity index (χ3v) is 4.73. The predicted octanol–water partition coefficient (Wildman–Crippen LogP) is 1.53. The van der Waals surface area contributed by atoms with Gasteiger partial charge in [-0.05, 0) is 30.5 Å². The van der Waals surface area contributed by atoms with Gasteiger partial charge in [0.2, 0.25) is 5.91 Å². The van der Waals surface area contributed by atoms with Crippen LogP contribution in [0, 0.1) is 0 Å². The predicted molar refractivity (Wildman–Crippen MR) is 88.7 cm³/mol. The van der Waals surface area contributed by atoms with Crippen molar-refractivity contribution in [1.82, 2.24) is 10.2 Å². The Morgan fingerprint density at radius 2 is 2.08 bits per heavy atom. The number of morpholine rings is 1. The Morgan fingerprint density at radius 3 is 2.75 bits per heavy atom. The van der Waals surface area contributed by atoms with Crippen LogP contribution in [-0.2, 0) is 19.1 Å². The van der Waals surface area contributed by atoms with E-state index in [1.165, 1.54) is 0 Å². The molecule has 0 saturated carbocycles. The van der Waals surface area contributed by atoms with Gasteiger partial charge in [-0.3, -0.25) is 9.59 Å². The van der Waals surface area contributed by atoms with E-state index in [0.717, 1.165) is 25.0 Å². The number of amides is 2. The summed E-state index contributed by atoms with van der Waals surface area (Å²) in [6.07, 6.45) is 1.27. The van der Waals surface area contributed by atoms with Gasteiger partial charge >= 0.3 is 0 Å². The minimum absolute atomic E-state index is 0.0610. The first-order valence-corrected chi connectivity index (χ1v) is 8.46. The molecule has 0 unspecified atom stereocenters. The Kier molecular flexibility index (Phi) is 5.38. The van der Waals surface area contributed by atoms with Crippen molar-refractivity contribution >= 4 is 23.4 Å². The summed E-state index contributed by atoms with van der Waals surface area (Å²) < 4.78 is 11.1. The van der Waals surface area contributed by atoms with Gasteiger partial charge in [-0.2, -0.15) is 0 Å². The van der Waals surface area contributed by atoms with E-state index in [-0.39, 0.29) is 24.5 Å². The maximum absolute atomic E-state index is 12.6. The molecule has 2 saturated heterocycles. The average Bonchev–Trinajstić information content (AvgIpc) is 3.09. The molecule has 2 heterocycles. The standard InChI is InChI=1S/C17H21ClN2O4/c1-20-14(21)10-24-16(15(20)11-4-6-12(18)7-5-11)17(22)19-9-13-3-2-8-23-13/h4-7,13,15-16H,2-3,8-10H2,1H3,(H,19,22)/t13-,15+,16-/m0/s1. The zero-order valence-electron chi connectivity index (χ0n) is 13.5. The summed E-state index contributed by atoms with van der Waals surface area (Å²) in [6.45, 7) is 1.10. The molecule has 24 heavy (non-hydrogen) atoms. The number of rotatable bonds is 4. The second-order valence-electron chi connectivity index (χ2n) is 6.11. The number of benzene rings is 1. The van der Waals surface area contributed by atoms with E-state index in [4.69, 9.17) is 21.1 Å². The lowest BCUT2D eigenvalue weighted by Gasteiger charge is -2.38. The minimum atomic E-state index is -0.754. The number of hydrogen-bond acceptors (Lipinski definition) is 4. The maximum atomic E-state index is 12.6. The highest BCUT2D eigenvalue weighted by Crippen LogP contribution is 2.30. The van der Waals surface area contributed by atoms with Crippen molar-refractivity contribution in [3.8, 4) is 0 Å². The summed E-state index contributed by atoms with van der Waals surface area (Å²) in [4.78, 5) is 26.2. The van der Waals surface area contributed by atoms with Crippen LogP contribution in [0.15, 0.2) is 24.3 Å². The number of halogens is 1. The lowest BCUT2D eigenvalue weighted by Crippen LogP contribution is -2.53. The summed E-state index contributed by atoms with van der Waals surface area (Å²) in [7, 11) is 1.69. The molecule has 3 atom stereocenters. The molecule has 0 spiro atoms. The van der Waals surface area contributed by atoms with Crippen molar-refractivity contribution in [2.45, 2.75) is 31.1 Å². The summed E-state index contributed by atoms with van der Waals surface area (Å²) in [5, 5.41) is 3.49. The number of carbonyl (C=O) groups is 2. The molecule has 2 amide bonds. The molecule has 0 bridgehead atoms. The molecular formula is C17H21ClN2O4. The second kappa shape index (κ2) is 7.51. The van der Waals surface area contributed by atoms with Gasteiger partial charge in [0, 0.05) is 25.2 Å². The topological polar surface area (TPSA) is 67.9 Å². The molecular weight excluding hydrogens is 332 g/mol. The molecule has 1 aromatic carbocycles. The zero-order valence-corrected chi connectivity index (χ0v) is 14.3. The molecule has 1 N–H and O–H groups in total. The van der Waals surface area contributed by atoms with Crippen molar-refractivity contribution in [2.24, 2.45) is 0 Å². The maximum Gasteiger partial charge on any atom is 0.251 e. The van der Waals surface area contributed by atoms with Gasteiger partial charge in [0.1, 0.15) is 6.61 Å². The molecule has 0 aromatic heterocycles. The van der Waals surface area contributed by atoms with E-state index in [9.17, 15) is 9.59 Å². The molecule has 2 fully saturated rings. The number of likely N-dealkylation sites (N-methyl/N-ethyl adjacent to an activating group) is 1. The highest BCUT2D eigenvalue weighted by molar-refractivity contribution is 6.30. The summed E-state index contributed by atoms with van der Waals surface area (Å²) >= 11 is 5.93. The van der Waals surface area contributed by atoms with Gasteiger partial charge in [0.25, 0.3) is 5.91 Å². The van der Waals surface area contributed by atoms with Crippen molar-refractivity contribution in [3.05, 3.63) is 34.9 Å². The van der Waals surface area contributed by atoms with Crippen molar-refractivity contribution < 1.29 is 19.1 Å². The van der Waals surface area contributed by atoms with Gasteiger partial charge in [-0.25, -0.2) is 0 Å². The summed E-state index contributed by atoms with van der Waals surface area (Å²) in [5.74, 6) is -0.386. The first-order chi connectivity index (χ1) is 11.6. The van der Waals surface area contributed by atoms with Crippen LogP contribution in [0.3, 0.4) is 0 Å². The first kappa shape index (κ1) is 17.2. The van der Waals surface area contributed by atoms with Crippen LogP contribution in [0.2, 0.25) is 5.02 Å². The van der Waals surface area contributed by atoms with Gasteiger partial charge in [-0.1, -0.05) is 23.7 Å². The molecule has 130 valence electrons. The van der Waals surface area contributed by atoms with Gasteiger partial charge in [0.15, 0.2) is 6.10 Å². The van der Waals surface area contributed by atoms with Crippen LogP contribution >= 0.6 is 11.6 Å². The number of hydrogen-bond donors (Lipinski definition) is 1. The molecule has 6 nitrogen and oxygen atoms in total. The van der Waals surface area contributed by atoms with E-state index in [0.29, 0.717) is 11.6 Å². The van der Waals surface area contributed by atoms with Crippen LogP contribution < -0.4 is 5.32 Å². The van der Waals surface area contributed by atoms with Crippen molar-refractivity contribution in [1.29, 1.82) is 0 Å². The van der Waals surface area contributed by atoms with E-state index in [2.05, 4.69) is 5.32 Å². The smallest absolute Gasteiger partial charge is 0.251 e. The summed E-state index contributed by atoms with van der Waals surface area (Å²) in [5.41, 5.74) is 0.812. The summed E-state index contributed by atoms with van der Waals surface area (Å²) in [6, 6.07) is 6.63. The van der Waals surface area contributed by atoms with Gasteiger partial charge in [-0.15, -0.1) is 0 Å². The molecule has 1 aromatic rings. The number of nitrogens with zero attached hydrogens (tertiary/aromatic N) is 1.